The zero-order valence-electron chi connectivity index (χ0n) is 17.7. The van der Waals surface area contributed by atoms with Crippen molar-refractivity contribution in [2.45, 2.75) is 64.5 Å². The monoisotopic (exact) mass is 398 g/mol. The second kappa shape index (κ2) is 7.78. The largest absolute Gasteiger partial charge is 0.444 e. The summed E-state index contributed by atoms with van der Waals surface area (Å²) in [5, 5.41) is 0. The number of carbonyl (C=O) groups is 1. The normalized spacial score (nSPS) is 21.3. The Kier molecular flexibility index (Phi) is 5.34. The van der Waals surface area contributed by atoms with Gasteiger partial charge in [0, 0.05) is 37.4 Å². The number of amides is 1. The van der Waals surface area contributed by atoms with Gasteiger partial charge in [-0.3, -0.25) is 0 Å². The maximum atomic E-state index is 12.5. The van der Waals surface area contributed by atoms with E-state index in [0.29, 0.717) is 12.5 Å². The highest BCUT2D eigenvalue weighted by molar-refractivity contribution is 5.88. The number of nitrogens with zero attached hydrogens (tertiary/aromatic N) is 3. The molecule has 0 aromatic carbocycles. The molecular weight excluding hydrogens is 368 g/mol. The topological polar surface area (TPSA) is 80.3 Å². The first-order valence-corrected chi connectivity index (χ1v) is 10.4. The van der Waals surface area contributed by atoms with Crippen LogP contribution in [0.5, 0.6) is 0 Å². The van der Waals surface area contributed by atoms with Crippen LogP contribution in [0.15, 0.2) is 18.3 Å². The number of aromatic nitrogens is 3. The molecule has 0 radical (unpaired) electrons. The molecule has 0 bridgehead atoms. The van der Waals surface area contributed by atoms with Crippen LogP contribution < -0.4 is 0 Å². The van der Waals surface area contributed by atoms with Crippen molar-refractivity contribution in [1.82, 2.24) is 19.9 Å². The van der Waals surface area contributed by atoms with Crippen LogP contribution in [-0.2, 0) is 9.47 Å². The van der Waals surface area contributed by atoms with E-state index in [1.807, 2.05) is 40.0 Å². The third kappa shape index (κ3) is 4.29. The zero-order chi connectivity index (χ0) is 20.6. The van der Waals surface area contributed by atoms with E-state index in [4.69, 9.17) is 14.5 Å². The Hall–Kier alpha value is -2.41. The number of imidazole rings is 1. The Bertz CT molecular complexity index is 922. The number of rotatable bonds is 2. The number of nitrogens with one attached hydrogen (secondary N) is 1. The van der Waals surface area contributed by atoms with Gasteiger partial charge in [0.1, 0.15) is 16.9 Å². The molecule has 0 aliphatic carbocycles. The number of H-pyrrole nitrogens is 1. The molecule has 1 saturated heterocycles. The van der Waals surface area contributed by atoms with Crippen molar-refractivity contribution < 1.29 is 14.3 Å². The highest BCUT2D eigenvalue weighted by Crippen LogP contribution is 2.32. The van der Waals surface area contributed by atoms with Crippen molar-refractivity contribution in [3.63, 3.8) is 0 Å². The van der Waals surface area contributed by atoms with Gasteiger partial charge in [-0.05, 0) is 58.6 Å². The van der Waals surface area contributed by atoms with Crippen LogP contribution in [0, 0.1) is 0 Å². The Morgan fingerprint density at radius 2 is 2.07 bits per heavy atom. The minimum absolute atomic E-state index is 0.0364. The van der Waals surface area contributed by atoms with Crippen molar-refractivity contribution in [2.24, 2.45) is 0 Å². The van der Waals surface area contributed by atoms with E-state index < -0.39 is 5.60 Å². The predicted octanol–water partition coefficient (Wildman–Crippen LogP) is 4.26. The van der Waals surface area contributed by atoms with Gasteiger partial charge in [-0.2, -0.15) is 0 Å². The lowest BCUT2D eigenvalue weighted by molar-refractivity contribution is 0.0209. The van der Waals surface area contributed by atoms with Crippen LogP contribution >= 0.6 is 0 Å². The van der Waals surface area contributed by atoms with Gasteiger partial charge >= 0.3 is 6.09 Å². The van der Waals surface area contributed by atoms with E-state index in [2.05, 4.69) is 16.0 Å². The number of pyridine rings is 1. The molecule has 2 aromatic rings. The fourth-order valence-corrected chi connectivity index (χ4v) is 4.06. The molecule has 1 atom stereocenters. The fourth-order valence-electron chi connectivity index (χ4n) is 4.06. The van der Waals surface area contributed by atoms with Crippen molar-refractivity contribution in [3.8, 4) is 0 Å². The standard InChI is InChI=1S/C22H30N4O3/c1-14-13-16(6-10-26(14)21(27)29-22(2,3)4)17-5-9-23-20-18(17)24-19(25-20)15-7-11-28-12-8-15/h5,9,13-15H,6-8,10-12H2,1-4H3,(H,23,24,25). The quantitative estimate of drug-likeness (QED) is 0.817. The first-order chi connectivity index (χ1) is 13.8. The molecule has 2 aliphatic heterocycles. The number of carbonyl (C=O) groups excluding carboxylic acids is 1. The average molecular weight is 399 g/mol. The van der Waals surface area contributed by atoms with Crippen molar-refractivity contribution in [1.29, 1.82) is 0 Å². The van der Waals surface area contributed by atoms with Crippen LogP contribution in [0.2, 0.25) is 0 Å². The van der Waals surface area contributed by atoms with Crippen molar-refractivity contribution >= 4 is 22.8 Å². The number of hydrogen-bond acceptors (Lipinski definition) is 5. The molecule has 1 unspecified atom stereocenters. The Morgan fingerprint density at radius 3 is 2.76 bits per heavy atom. The highest BCUT2D eigenvalue weighted by atomic mass is 16.6. The van der Waals surface area contributed by atoms with Gasteiger partial charge in [0.15, 0.2) is 5.65 Å². The number of ether oxygens (including phenoxy) is 2. The molecule has 29 heavy (non-hydrogen) atoms. The first kappa shape index (κ1) is 19.9. The lowest BCUT2D eigenvalue weighted by atomic mass is 9.96. The summed E-state index contributed by atoms with van der Waals surface area (Å²) in [5.74, 6) is 1.40. The van der Waals surface area contributed by atoms with Crippen LogP contribution in [0.25, 0.3) is 16.7 Å². The van der Waals surface area contributed by atoms with E-state index in [0.717, 1.165) is 55.0 Å². The minimum Gasteiger partial charge on any atom is -0.444 e. The third-order valence-corrected chi connectivity index (χ3v) is 5.54. The maximum absolute atomic E-state index is 12.5. The van der Waals surface area contributed by atoms with E-state index in [1.165, 1.54) is 5.57 Å². The summed E-state index contributed by atoms with van der Waals surface area (Å²) in [5.41, 5.74) is 3.55. The summed E-state index contributed by atoms with van der Waals surface area (Å²) in [6, 6.07) is 1.99. The van der Waals surface area contributed by atoms with Gasteiger partial charge in [0.05, 0.1) is 6.04 Å². The number of aromatic amines is 1. The molecule has 0 saturated carbocycles. The second-order valence-corrected chi connectivity index (χ2v) is 8.92. The van der Waals surface area contributed by atoms with Gasteiger partial charge in [-0.15, -0.1) is 0 Å². The van der Waals surface area contributed by atoms with Gasteiger partial charge in [0.2, 0.25) is 0 Å². The summed E-state index contributed by atoms with van der Waals surface area (Å²) in [6.45, 7) is 9.89. The van der Waals surface area contributed by atoms with Gasteiger partial charge in [-0.1, -0.05) is 6.08 Å². The van der Waals surface area contributed by atoms with Crippen LogP contribution in [-0.4, -0.2) is 57.3 Å². The van der Waals surface area contributed by atoms with E-state index >= 15 is 0 Å². The summed E-state index contributed by atoms with van der Waals surface area (Å²) < 4.78 is 11.0. The molecule has 2 aromatic heterocycles. The average Bonchev–Trinajstić information content (AvgIpc) is 3.11. The first-order valence-electron chi connectivity index (χ1n) is 10.4. The molecule has 1 fully saturated rings. The molecule has 7 nitrogen and oxygen atoms in total. The SMILES string of the molecule is CC1C=C(c2ccnc3[nH]c(C4CCOCC4)nc23)CCN1C(=O)OC(C)(C)C. The lowest BCUT2D eigenvalue weighted by Crippen LogP contribution is -2.43. The zero-order valence-corrected chi connectivity index (χ0v) is 17.7. The van der Waals surface area contributed by atoms with Gasteiger partial charge < -0.3 is 19.4 Å². The molecule has 0 spiro atoms. The highest BCUT2D eigenvalue weighted by Gasteiger charge is 2.29. The molecule has 2 aliphatic rings. The lowest BCUT2D eigenvalue weighted by Gasteiger charge is -2.34. The Balaban J connectivity index is 1.59. The van der Waals surface area contributed by atoms with E-state index in [9.17, 15) is 4.79 Å². The molecule has 4 rings (SSSR count). The molecule has 1 amide bonds. The Labute approximate surface area is 171 Å². The molecular formula is C22H30N4O3. The molecule has 4 heterocycles. The fraction of sp³-hybridized carbons (Fsp3) is 0.591. The summed E-state index contributed by atoms with van der Waals surface area (Å²) in [4.78, 5) is 27.1. The van der Waals surface area contributed by atoms with E-state index in [-0.39, 0.29) is 12.1 Å². The summed E-state index contributed by atoms with van der Waals surface area (Å²) >= 11 is 0. The van der Waals surface area contributed by atoms with Crippen molar-refractivity contribution in [3.05, 3.63) is 29.7 Å². The van der Waals surface area contributed by atoms with Crippen molar-refractivity contribution in [2.75, 3.05) is 19.8 Å². The van der Waals surface area contributed by atoms with E-state index in [1.54, 1.807) is 4.90 Å². The van der Waals surface area contributed by atoms with Crippen LogP contribution in [0.3, 0.4) is 0 Å². The van der Waals surface area contributed by atoms with Gasteiger partial charge in [-0.25, -0.2) is 14.8 Å². The number of fused-ring (bicyclic) bond motifs is 1. The van der Waals surface area contributed by atoms with Crippen LogP contribution in [0.1, 0.15) is 64.3 Å². The molecule has 156 valence electrons. The maximum Gasteiger partial charge on any atom is 0.410 e. The Morgan fingerprint density at radius 1 is 1.31 bits per heavy atom. The van der Waals surface area contributed by atoms with Crippen LogP contribution in [0.4, 0.5) is 4.79 Å². The second-order valence-electron chi connectivity index (χ2n) is 8.92. The number of hydrogen-bond donors (Lipinski definition) is 1. The minimum atomic E-state index is -0.492. The summed E-state index contributed by atoms with van der Waals surface area (Å²) in [6.07, 6.45) is 6.45. The third-order valence-electron chi connectivity index (χ3n) is 5.54. The predicted molar refractivity (Wildman–Crippen MR) is 112 cm³/mol. The smallest absolute Gasteiger partial charge is 0.410 e. The summed E-state index contributed by atoms with van der Waals surface area (Å²) in [7, 11) is 0. The molecule has 1 N–H and O–H groups in total. The molecule has 7 heteroatoms. The van der Waals surface area contributed by atoms with Gasteiger partial charge in [0.25, 0.3) is 0 Å².